The predicted molar refractivity (Wildman–Crippen MR) is 120 cm³/mol. The molecule has 4 rings (SSSR count). The van der Waals surface area contributed by atoms with E-state index >= 15 is 0 Å². The van der Waals surface area contributed by atoms with Gasteiger partial charge in [-0.1, -0.05) is 56.3 Å². The molecule has 4 aromatic rings. The van der Waals surface area contributed by atoms with Crippen molar-refractivity contribution >= 4 is 21.8 Å². The molecule has 2 aromatic heterocycles. The van der Waals surface area contributed by atoms with Crippen LogP contribution >= 0.6 is 0 Å². The zero-order chi connectivity index (χ0) is 19.5. The number of para-hydroxylation sites is 2. The molecule has 0 fully saturated rings. The van der Waals surface area contributed by atoms with Gasteiger partial charge in [0, 0.05) is 28.0 Å². The summed E-state index contributed by atoms with van der Waals surface area (Å²) in [5.74, 6) is 0.526. The number of pyridine rings is 1. The molecular weight excluding hydrogens is 342 g/mol. The molecule has 0 spiro atoms. The molecule has 0 aliphatic rings. The highest BCUT2D eigenvalue weighted by molar-refractivity contribution is 5.99. The summed E-state index contributed by atoms with van der Waals surface area (Å²) in [6.07, 6.45) is 6.19. The van der Waals surface area contributed by atoms with Crippen LogP contribution in [0.3, 0.4) is 0 Å². The summed E-state index contributed by atoms with van der Waals surface area (Å²) in [5, 5.41) is 2.52. The van der Waals surface area contributed by atoms with Crippen LogP contribution < -0.4 is 5.73 Å². The third kappa shape index (κ3) is 3.31. The first kappa shape index (κ1) is 18.7. The normalized spacial score (nSPS) is 12.7. The van der Waals surface area contributed by atoms with Gasteiger partial charge in [-0.25, -0.2) is 0 Å². The van der Waals surface area contributed by atoms with E-state index in [0.29, 0.717) is 5.92 Å². The number of nitrogens with zero attached hydrogens (tertiary/aromatic N) is 1. The van der Waals surface area contributed by atoms with Crippen molar-refractivity contribution < 1.29 is 0 Å². The largest absolute Gasteiger partial charge is 0.354 e. The number of fused-ring (bicyclic) bond motifs is 2. The van der Waals surface area contributed by atoms with Crippen molar-refractivity contribution in [1.29, 1.82) is 0 Å². The molecule has 0 bridgehead atoms. The molecule has 0 amide bonds. The number of aromatic amines is 1. The van der Waals surface area contributed by atoms with Gasteiger partial charge < -0.3 is 10.7 Å². The summed E-state index contributed by atoms with van der Waals surface area (Å²) >= 11 is 0. The molecule has 144 valence electrons. The minimum Gasteiger partial charge on any atom is -0.354 e. The van der Waals surface area contributed by atoms with Gasteiger partial charge in [-0.3, -0.25) is 4.98 Å². The van der Waals surface area contributed by atoms with Gasteiger partial charge in [0.15, 0.2) is 0 Å². The van der Waals surface area contributed by atoms with E-state index in [4.69, 9.17) is 10.7 Å². The highest BCUT2D eigenvalue weighted by Crippen LogP contribution is 2.37. The van der Waals surface area contributed by atoms with E-state index in [0.717, 1.165) is 37.7 Å². The zero-order valence-corrected chi connectivity index (χ0v) is 16.8. The Kier molecular flexibility index (Phi) is 5.45. The van der Waals surface area contributed by atoms with Gasteiger partial charge in [0.2, 0.25) is 0 Å². The summed E-state index contributed by atoms with van der Waals surface area (Å²) in [4.78, 5) is 8.51. The van der Waals surface area contributed by atoms with Gasteiger partial charge in [-0.05, 0) is 55.3 Å². The van der Waals surface area contributed by atoms with E-state index < -0.39 is 0 Å². The Labute approximate surface area is 167 Å². The van der Waals surface area contributed by atoms with Crippen LogP contribution in [-0.4, -0.2) is 16.5 Å². The first-order chi connectivity index (χ1) is 13.7. The van der Waals surface area contributed by atoms with Crippen molar-refractivity contribution in [1.82, 2.24) is 9.97 Å². The third-order valence-electron chi connectivity index (χ3n) is 5.90. The number of nitrogens with one attached hydrogen (secondary N) is 1. The first-order valence-electron chi connectivity index (χ1n) is 10.4. The fourth-order valence-corrected chi connectivity index (χ4v) is 4.17. The van der Waals surface area contributed by atoms with Crippen LogP contribution in [0.2, 0.25) is 0 Å². The predicted octanol–water partition coefficient (Wildman–Crippen LogP) is 6.18. The Morgan fingerprint density at radius 1 is 1.04 bits per heavy atom. The van der Waals surface area contributed by atoms with E-state index in [1.54, 1.807) is 0 Å². The van der Waals surface area contributed by atoms with E-state index in [1.807, 2.05) is 12.3 Å². The number of aromatic nitrogens is 2. The summed E-state index contributed by atoms with van der Waals surface area (Å²) in [7, 11) is 0. The second kappa shape index (κ2) is 8.15. The molecule has 0 saturated heterocycles. The molecule has 28 heavy (non-hydrogen) atoms. The van der Waals surface area contributed by atoms with E-state index in [9.17, 15) is 0 Å². The van der Waals surface area contributed by atoms with Crippen LogP contribution in [0.1, 0.15) is 50.2 Å². The monoisotopic (exact) mass is 371 g/mol. The summed E-state index contributed by atoms with van der Waals surface area (Å²) in [6.45, 7) is 5.30. The number of rotatable bonds is 7. The summed E-state index contributed by atoms with van der Waals surface area (Å²) in [5.41, 5.74) is 13.3. The zero-order valence-electron chi connectivity index (χ0n) is 16.8. The lowest BCUT2D eigenvalue weighted by atomic mass is 9.94. The quantitative estimate of drug-likeness (QED) is 0.381. The molecule has 1 unspecified atom stereocenters. The Bertz CT molecular complexity index is 1090. The Balaban J connectivity index is 1.97. The topological polar surface area (TPSA) is 54.7 Å². The van der Waals surface area contributed by atoms with E-state index in [1.165, 1.54) is 38.7 Å². The lowest BCUT2D eigenvalue weighted by Gasteiger charge is -2.10. The molecule has 2 heterocycles. The Morgan fingerprint density at radius 2 is 1.86 bits per heavy atom. The third-order valence-corrected chi connectivity index (χ3v) is 5.90. The molecule has 3 nitrogen and oxygen atoms in total. The minimum absolute atomic E-state index is 0.526. The van der Waals surface area contributed by atoms with Crippen molar-refractivity contribution in [2.75, 3.05) is 6.54 Å². The van der Waals surface area contributed by atoms with Gasteiger partial charge in [-0.15, -0.1) is 0 Å². The standard InChI is InChI=1S/C25H29N3/c1-3-17(2)19-12-7-13-21-20(11-4-5-15-26)25(28-24(19)21)22-14-6-9-18-10-8-16-27-23(18)22/h6-10,12-14,16-17,28H,3-5,11,15,26H2,1-2H3. The van der Waals surface area contributed by atoms with Crippen molar-refractivity contribution in [2.24, 2.45) is 5.73 Å². The number of hydrogen-bond acceptors (Lipinski definition) is 2. The molecular formula is C25H29N3. The molecule has 3 heteroatoms. The van der Waals surface area contributed by atoms with E-state index in [2.05, 4.69) is 61.3 Å². The maximum atomic E-state index is 5.77. The van der Waals surface area contributed by atoms with Crippen LogP contribution in [0.15, 0.2) is 54.7 Å². The van der Waals surface area contributed by atoms with Gasteiger partial charge in [0.1, 0.15) is 0 Å². The minimum atomic E-state index is 0.526. The highest BCUT2D eigenvalue weighted by Gasteiger charge is 2.18. The second-order valence-electron chi connectivity index (χ2n) is 7.68. The summed E-state index contributed by atoms with van der Waals surface area (Å²) in [6, 6.07) is 17.3. The van der Waals surface area contributed by atoms with Crippen LogP contribution in [0, 0.1) is 0 Å². The molecule has 2 aromatic carbocycles. The molecule has 3 N–H and O–H groups in total. The highest BCUT2D eigenvalue weighted by atomic mass is 14.7. The molecule has 0 aliphatic carbocycles. The summed E-state index contributed by atoms with van der Waals surface area (Å²) < 4.78 is 0. The van der Waals surface area contributed by atoms with Crippen molar-refractivity contribution in [3.63, 3.8) is 0 Å². The van der Waals surface area contributed by atoms with Gasteiger partial charge in [0.25, 0.3) is 0 Å². The molecule has 0 aliphatic heterocycles. The van der Waals surface area contributed by atoms with E-state index in [-0.39, 0.29) is 0 Å². The van der Waals surface area contributed by atoms with Crippen molar-refractivity contribution in [3.05, 3.63) is 65.9 Å². The number of H-pyrrole nitrogens is 1. The average Bonchev–Trinajstić information content (AvgIpc) is 3.11. The number of hydrogen-bond donors (Lipinski definition) is 2. The average molecular weight is 372 g/mol. The number of unbranched alkanes of at least 4 members (excludes halogenated alkanes) is 1. The fraction of sp³-hybridized carbons (Fsp3) is 0.320. The molecule has 0 saturated carbocycles. The lowest BCUT2D eigenvalue weighted by molar-refractivity contribution is 0.738. The lowest BCUT2D eigenvalue weighted by Crippen LogP contribution is -1.99. The number of nitrogens with two attached hydrogens (primary N) is 1. The number of benzene rings is 2. The van der Waals surface area contributed by atoms with Gasteiger partial charge in [-0.2, -0.15) is 0 Å². The second-order valence-corrected chi connectivity index (χ2v) is 7.68. The van der Waals surface area contributed by atoms with Crippen molar-refractivity contribution in [2.45, 2.75) is 45.4 Å². The Hall–Kier alpha value is -2.65. The first-order valence-corrected chi connectivity index (χ1v) is 10.4. The van der Waals surface area contributed by atoms with Crippen LogP contribution in [0.25, 0.3) is 33.1 Å². The van der Waals surface area contributed by atoms with Gasteiger partial charge >= 0.3 is 0 Å². The van der Waals surface area contributed by atoms with Crippen LogP contribution in [-0.2, 0) is 6.42 Å². The SMILES string of the molecule is CCC(C)c1cccc2c(CCCCN)c(-c3cccc4cccnc34)[nH]c12. The van der Waals surface area contributed by atoms with Crippen molar-refractivity contribution in [3.8, 4) is 11.3 Å². The Morgan fingerprint density at radius 3 is 2.68 bits per heavy atom. The maximum Gasteiger partial charge on any atom is 0.0795 e. The fourth-order valence-electron chi connectivity index (χ4n) is 4.17. The smallest absolute Gasteiger partial charge is 0.0795 e. The maximum absolute atomic E-state index is 5.77. The molecule has 0 radical (unpaired) electrons. The number of aryl methyl sites for hydroxylation is 1. The van der Waals surface area contributed by atoms with Crippen LogP contribution in [0.4, 0.5) is 0 Å². The molecule has 1 atom stereocenters. The van der Waals surface area contributed by atoms with Crippen LogP contribution in [0.5, 0.6) is 0 Å². The van der Waals surface area contributed by atoms with Gasteiger partial charge in [0.05, 0.1) is 11.2 Å².